The molecule has 2 aliphatic rings. The van der Waals surface area contributed by atoms with Crippen LogP contribution in [0.4, 0.5) is 24.7 Å². The SMILES string of the molecule is Cc1ccccc1C(C(=O)NC1CC(F)(F)C1)N(C(=O)C1CCC(=O)N1c1cc(C#N)ccn1)c1cncc(F)c1. The van der Waals surface area contributed by atoms with Gasteiger partial charge in [-0.1, -0.05) is 24.3 Å². The first kappa shape index (κ1) is 27.8. The van der Waals surface area contributed by atoms with Gasteiger partial charge in [0.2, 0.25) is 11.8 Å². The molecule has 2 unspecified atom stereocenters. The van der Waals surface area contributed by atoms with E-state index in [9.17, 15) is 32.8 Å². The van der Waals surface area contributed by atoms with E-state index in [1.807, 2.05) is 6.07 Å². The first-order valence-corrected chi connectivity index (χ1v) is 12.9. The molecule has 5 rings (SSSR count). The highest BCUT2D eigenvalue weighted by Gasteiger charge is 2.48. The number of benzene rings is 1. The van der Waals surface area contributed by atoms with Crippen LogP contribution in [0.25, 0.3) is 0 Å². The standard InChI is InChI=1S/C29H25F3N6O3/c1-17-4-2-3-5-22(17)26(27(40)36-20-12-29(31,32)13-20)37(21-11-19(30)15-34-16-21)28(41)23-6-7-25(39)38(23)24-10-18(14-33)8-9-35-24/h2-5,8-11,15-16,20,23,26H,6-7,12-13H2,1H3,(H,36,40). The van der Waals surface area contributed by atoms with Gasteiger partial charge >= 0.3 is 0 Å². The third kappa shape index (κ3) is 5.61. The van der Waals surface area contributed by atoms with E-state index in [4.69, 9.17) is 0 Å². The highest BCUT2D eigenvalue weighted by atomic mass is 19.3. The fraction of sp³-hybridized carbons (Fsp3) is 0.310. The van der Waals surface area contributed by atoms with Gasteiger partial charge in [0, 0.05) is 37.6 Å². The fourth-order valence-electron chi connectivity index (χ4n) is 5.26. The number of halogens is 3. The van der Waals surface area contributed by atoms with Gasteiger partial charge < -0.3 is 5.32 Å². The first-order valence-electron chi connectivity index (χ1n) is 12.9. The number of hydrogen-bond donors (Lipinski definition) is 1. The second-order valence-corrected chi connectivity index (χ2v) is 10.1. The van der Waals surface area contributed by atoms with Crippen molar-refractivity contribution in [2.75, 3.05) is 9.80 Å². The summed E-state index contributed by atoms with van der Waals surface area (Å²) >= 11 is 0. The number of hydrogen-bond acceptors (Lipinski definition) is 6. The maximum Gasteiger partial charge on any atom is 0.252 e. The minimum absolute atomic E-state index is 0.0114. The molecule has 9 nitrogen and oxygen atoms in total. The van der Waals surface area contributed by atoms with E-state index in [2.05, 4.69) is 15.3 Å². The molecule has 2 aromatic heterocycles. The molecule has 1 saturated carbocycles. The molecule has 1 aliphatic heterocycles. The van der Waals surface area contributed by atoms with Crippen LogP contribution in [-0.4, -0.2) is 45.7 Å². The number of alkyl halides is 2. The Morgan fingerprint density at radius 3 is 2.63 bits per heavy atom. The number of anilines is 2. The van der Waals surface area contributed by atoms with Crippen LogP contribution >= 0.6 is 0 Å². The van der Waals surface area contributed by atoms with E-state index in [-0.39, 0.29) is 29.9 Å². The van der Waals surface area contributed by atoms with Crippen LogP contribution in [0.3, 0.4) is 0 Å². The van der Waals surface area contributed by atoms with Crippen molar-refractivity contribution in [3.8, 4) is 6.07 Å². The van der Waals surface area contributed by atoms with Gasteiger partial charge in [-0.3, -0.25) is 29.2 Å². The van der Waals surface area contributed by atoms with Gasteiger partial charge in [-0.05, 0) is 36.6 Å². The number of carbonyl (C=O) groups excluding carboxylic acids is 3. The summed E-state index contributed by atoms with van der Waals surface area (Å²) in [5, 5.41) is 12.0. The van der Waals surface area contributed by atoms with Crippen LogP contribution in [0.2, 0.25) is 0 Å². The number of nitrogens with zero attached hydrogens (tertiary/aromatic N) is 5. The minimum Gasteiger partial charge on any atom is -0.351 e. The summed E-state index contributed by atoms with van der Waals surface area (Å²) in [4.78, 5) is 51.5. The summed E-state index contributed by atoms with van der Waals surface area (Å²) in [6.45, 7) is 1.72. The summed E-state index contributed by atoms with van der Waals surface area (Å²) < 4.78 is 41.7. The summed E-state index contributed by atoms with van der Waals surface area (Å²) in [5.74, 6) is -5.47. The average molecular weight is 563 g/mol. The molecule has 2 atom stereocenters. The minimum atomic E-state index is -2.90. The molecule has 2 fully saturated rings. The summed E-state index contributed by atoms with van der Waals surface area (Å²) in [7, 11) is 0. The third-order valence-electron chi connectivity index (χ3n) is 7.25. The zero-order valence-electron chi connectivity index (χ0n) is 21.9. The van der Waals surface area contributed by atoms with Crippen LogP contribution in [0.5, 0.6) is 0 Å². The molecule has 210 valence electrons. The molecule has 0 radical (unpaired) electrons. The number of nitriles is 1. The van der Waals surface area contributed by atoms with E-state index < -0.39 is 60.4 Å². The van der Waals surface area contributed by atoms with Crippen molar-refractivity contribution in [2.45, 2.75) is 56.7 Å². The number of aryl methyl sites for hydroxylation is 1. The van der Waals surface area contributed by atoms with Gasteiger partial charge in [0.15, 0.2) is 0 Å². The van der Waals surface area contributed by atoms with Crippen molar-refractivity contribution in [3.05, 3.63) is 83.6 Å². The Hall–Kier alpha value is -4.79. The lowest BCUT2D eigenvalue weighted by atomic mass is 9.87. The maximum absolute atomic E-state index is 14.5. The Morgan fingerprint density at radius 2 is 1.95 bits per heavy atom. The average Bonchev–Trinajstić information content (AvgIpc) is 3.32. The lowest BCUT2D eigenvalue weighted by Gasteiger charge is -2.39. The topological polar surface area (TPSA) is 119 Å². The molecule has 0 spiro atoms. The van der Waals surface area contributed by atoms with Crippen LogP contribution in [0.1, 0.15) is 48.4 Å². The van der Waals surface area contributed by atoms with Gasteiger partial charge in [-0.15, -0.1) is 0 Å². The monoisotopic (exact) mass is 562 g/mol. The van der Waals surface area contributed by atoms with Crippen molar-refractivity contribution < 1.29 is 27.6 Å². The predicted molar refractivity (Wildman–Crippen MR) is 141 cm³/mol. The second-order valence-electron chi connectivity index (χ2n) is 10.1. The third-order valence-corrected chi connectivity index (χ3v) is 7.25. The number of aromatic nitrogens is 2. The van der Waals surface area contributed by atoms with E-state index in [1.54, 1.807) is 31.2 Å². The molecule has 12 heteroatoms. The van der Waals surface area contributed by atoms with E-state index in [0.29, 0.717) is 11.1 Å². The molecule has 3 aromatic rings. The predicted octanol–water partition coefficient (Wildman–Crippen LogP) is 3.98. The largest absolute Gasteiger partial charge is 0.351 e. The quantitative estimate of drug-likeness (QED) is 0.465. The van der Waals surface area contributed by atoms with Crippen molar-refractivity contribution in [2.24, 2.45) is 0 Å². The summed E-state index contributed by atoms with van der Waals surface area (Å²) in [6.07, 6.45) is 2.46. The van der Waals surface area contributed by atoms with Gasteiger partial charge in [-0.25, -0.2) is 18.2 Å². The molecular weight excluding hydrogens is 537 g/mol. The smallest absolute Gasteiger partial charge is 0.252 e. The van der Waals surface area contributed by atoms with Gasteiger partial charge in [0.1, 0.15) is 23.7 Å². The Kier molecular flexibility index (Phi) is 7.45. The van der Waals surface area contributed by atoms with Crippen LogP contribution < -0.4 is 15.1 Å². The van der Waals surface area contributed by atoms with Gasteiger partial charge in [0.05, 0.1) is 29.7 Å². The van der Waals surface area contributed by atoms with E-state index in [0.717, 1.165) is 17.2 Å². The van der Waals surface area contributed by atoms with Crippen LogP contribution in [0, 0.1) is 24.1 Å². The first-order chi connectivity index (χ1) is 19.6. The lowest BCUT2D eigenvalue weighted by molar-refractivity contribution is -0.133. The zero-order chi connectivity index (χ0) is 29.3. The number of nitrogens with one attached hydrogen (secondary N) is 1. The van der Waals surface area contributed by atoms with Crippen molar-refractivity contribution >= 4 is 29.2 Å². The maximum atomic E-state index is 14.5. The molecule has 3 heterocycles. The Balaban J connectivity index is 1.61. The Bertz CT molecular complexity index is 1550. The van der Waals surface area contributed by atoms with Gasteiger partial charge in [-0.2, -0.15) is 5.26 Å². The molecule has 1 saturated heterocycles. The molecule has 1 N–H and O–H groups in total. The normalized spacial score (nSPS) is 18.8. The van der Waals surface area contributed by atoms with Crippen molar-refractivity contribution in [1.82, 2.24) is 15.3 Å². The second kappa shape index (κ2) is 11.0. The number of rotatable bonds is 7. The van der Waals surface area contributed by atoms with Crippen LogP contribution in [0.15, 0.2) is 61.1 Å². The Labute approximate surface area is 233 Å². The number of pyridine rings is 2. The van der Waals surface area contributed by atoms with E-state index >= 15 is 0 Å². The number of amides is 3. The van der Waals surface area contributed by atoms with Gasteiger partial charge in [0.25, 0.3) is 11.8 Å². The van der Waals surface area contributed by atoms with Crippen molar-refractivity contribution in [3.63, 3.8) is 0 Å². The van der Waals surface area contributed by atoms with Crippen LogP contribution in [-0.2, 0) is 14.4 Å². The highest BCUT2D eigenvalue weighted by molar-refractivity contribution is 6.10. The molecule has 3 amide bonds. The van der Waals surface area contributed by atoms with E-state index in [1.165, 1.54) is 29.4 Å². The molecule has 1 aliphatic carbocycles. The van der Waals surface area contributed by atoms with Crippen molar-refractivity contribution in [1.29, 1.82) is 5.26 Å². The molecule has 1 aromatic carbocycles. The fourth-order valence-corrected chi connectivity index (χ4v) is 5.26. The zero-order valence-corrected chi connectivity index (χ0v) is 21.9. The molecular formula is C29H25F3N6O3. The lowest BCUT2D eigenvalue weighted by Crippen LogP contribution is -2.56. The number of carbonyl (C=O) groups is 3. The highest BCUT2D eigenvalue weighted by Crippen LogP contribution is 2.39. The summed E-state index contributed by atoms with van der Waals surface area (Å²) in [5.41, 5.74) is 1.17. The Morgan fingerprint density at radius 1 is 1.20 bits per heavy atom. The molecule has 0 bridgehead atoms. The molecule has 41 heavy (non-hydrogen) atoms. The summed E-state index contributed by atoms with van der Waals surface area (Å²) in [6, 6.07) is 9.21.